The van der Waals surface area contributed by atoms with Crippen molar-refractivity contribution in [2.24, 2.45) is 0 Å². The maximum absolute atomic E-state index is 11.1. The van der Waals surface area contributed by atoms with Crippen LogP contribution in [0, 0.1) is 0 Å². The summed E-state index contributed by atoms with van der Waals surface area (Å²) >= 11 is 0. The molecule has 4 rings (SSSR count). The van der Waals surface area contributed by atoms with Crippen molar-refractivity contribution in [1.82, 2.24) is 0 Å². The lowest BCUT2D eigenvalue weighted by atomic mass is 9.95. The molecule has 0 spiro atoms. The molecule has 24 heavy (non-hydrogen) atoms. The molecule has 0 bridgehead atoms. The molecule has 1 unspecified atom stereocenters. The van der Waals surface area contributed by atoms with Crippen molar-refractivity contribution in [3.8, 4) is 0 Å². The van der Waals surface area contributed by atoms with E-state index in [-0.39, 0.29) is 0 Å². The molecule has 2 aromatic carbocycles. The fourth-order valence-electron chi connectivity index (χ4n) is 4.28. The number of benzene rings is 2. The Kier molecular flexibility index (Phi) is 3.91. The predicted octanol–water partition coefficient (Wildman–Crippen LogP) is 4.76. The lowest BCUT2D eigenvalue weighted by molar-refractivity contribution is 0.112. The molecule has 1 atom stereocenters. The number of carbonyl (C=O) groups excluding carboxylic acids is 1. The standard InChI is InChI=1S/C22H25NO/c1-15(2)23-20(13-19-11-16(14-24)7-10-22(19)23)12-18-5-3-4-6-21(18)17-8-9-17/h3-7,10-11,14-15,17,20H,8-9,12-13H2,1-2H3. The van der Waals surface area contributed by atoms with Gasteiger partial charge in [0.2, 0.25) is 0 Å². The van der Waals surface area contributed by atoms with Crippen LogP contribution >= 0.6 is 0 Å². The Morgan fingerprint density at radius 3 is 2.67 bits per heavy atom. The van der Waals surface area contributed by atoms with Gasteiger partial charge in [-0.05, 0) is 80.3 Å². The number of rotatable bonds is 5. The second-order valence-corrected chi connectivity index (χ2v) is 7.54. The summed E-state index contributed by atoms with van der Waals surface area (Å²) in [5.74, 6) is 0.791. The highest BCUT2D eigenvalue weighted by atomic mass is 16.1. The molecule has 0 aromatic heterocycles. The molecule has 1 aliphatic heterocycles. The molecule has 0 N–H and O–H groups in total. The van der Waals surface area contributed by atoms with Gasteiger partial charge in [0.05, 0.1) is 0 Å². The number of hydrogen-bond acceptors (Lipinski definition) is 2. The van der Waals surface area contributed by atoms with E-state index in [1.807, 2.05) is 6.07 Å². The number of fused-ring (bicyclic) bond motifs is 1. The predicted molar refractivity (Wildman–Crippen MR) is 99.1 cm³/mol. The van der Waals surface area contributed by atoms with Gasteiger partial charge in [-0.2, -0.15) is 0 Å². The molecule has 0 saturated heterocycles. The number of nitrogens with zero attached hydrogens (tertiary/aromatic N) is 1. The third-order valence-electron chi connectivity index (χ3n) is 5.45. The normalized spacial score (nSPS) is 19.6. The summed E-state index contributed by atoms with van der Waals surface area (Å²) in [6.45, 7) is 4.53. The lowest BCUT2D eigenvalue weighted by Crippen LogP contribution is -2.39. The number of aldehydes is 1. The van der Waals surface area contributed by atoms with Gasteiger partial charge in [0.15, 0.2) is 0 Å². The third kappa shape index (κ3) is 2.75. The monoisotopic (exact) mass is 319 g/mol. The van der Waals surface area contributed by atoms with Gasteiger partial charge >= 0.3 is 0 Å². The minimum absolute atomic E-state index is 0.464. The molecule has 124 valence electrons. The summed E-state index contributed by atoms with van der Waals surface area (Å²) in [5, 5.41) is 0. The van der Waals surface area contributed by atoms with Gasteiger partial charge in [0.25, 0.3) is 0 Å². The topological polar surface area (TPSA) is 20.3 Å². The van der Waals surface area contributed by atoms with Crippen LogP contribution in [0.15, 0.2) is 42.5 Å². The summed E-state index contributed by atoms with van der Waals surface area (Å²) in [6, 6.07) is 16.1. The Morgan fingerprint density at radius 2 is 1.96 bits per heavy atom. The largest absolute Gasteiger partial charge is 0.365 e. The highest BCUT2D eigenvalue weighted by molar-refractivity contribution is 5.78. The van der Waals surface area contributed by atoms with Crippen molar-refractivity contribution < 1.29 is 4.79 Å². The SMILES string of the molecule is CC(C)N1c2ccc(C=O)cc2CC1Cc1ccccc1C1CC1. The number of carbonyl (C=O) groups is 1. The van der Waals surface area contributed by atoms with Gasteiger partial charge in [0, 0.05) is 23.3 Å². The van der Waals surface area contributed by atoms with E-state index in [1.165, 1.54) is 29.7 Å². The zero-order chi connectivity index (χ0) is 16.7. The number of hydrogen-bond donors (Lipinski definition) is 0. The van der Waals surface area contributed by atoms with E-state index >= 15 is 0 Å². The Labute approximate surface area is 144 Å². The third-order valence-corrected chi connectivity index (χ3v) is 5.45. The van der Waals surface area contributed by atoms with Crippen LogP contribution in [0.3, 0.4) is 0 Å². The smallest absolute Gasteiger partial charge is 0.150 e. The first kappa shape index (κ1) is 15.4. The van der Waals surface area contributed by atoms with Gasteiger partial charge in [0.1, 0.15) is 6.29 Å². The van der Waals surface area contributed by atoms with E-state index in [2.05, 4.69) is 55.1 Å². The van der Waals surface area contributed by atoms with Crippen LogP contribution in [0.1, 0.15) is 59.7 Å². The number of anilines is 1. The lowest BCUT2D eigenvalue weighted by Gasteiger charge is -2.32. The summed E-state index contributed by atoms with van der Waals surface area (Å²) in [6.07, 6.45) is 5.77. The van der Waals surface area contributed by atoms with Gasteiger partial charge in [-0.15, -0.1) is 0 Å². The molecular formula is C22H25NO. The van der Waals surface area contributed by atoms with Crippen LogP contribution in [0.4, 0.5) is 5.69 Å². The van der Waals surface area contributed by atoms with Crippen molar-refractivity contribution in [3.05, 3.63) is 64.7 Å². The van der Waals surface area contributed by atoms with Crippen molar-refractivity contribution in [2.45, 2.75) is 57.5 Å². The zero-order valence-electron chi connectivity index (χ0n) is 14.5. The van der Waals surface area contributed by atoms with E-state index in [9.17, 15) is 4.79 Å². The van der Waals surface area contributed by atoms with Crippen LogP contribution in [0.5, 0.6) is 0 Å². The molecule has 1 fully saturated rings. The van der Waals surface area contributed by atoms with Crippen molar-refractivity contribution in [2.75, 3.05) is 4.90 Å². The maximum atomic E-state index is 11.1. The van der Waals surface area contributed by atoms with E-state index in [1.54, 1.807) is 5.56 Å². The Morgan fingerprint density at radius 1 is 1.17 bits per heavy atom. The van der Waals surface area contributed by atoms with Gasteiger partial charge in [-0.25, -0.2) is 0 Å². The minimum atomic E-state index is 0.464. The first-order valence-electron chi connectivity index (χ1n) is 9.11. The minimum Gasteiger partial charge on any atom is -0.365 e. The Hall–Kier alpha value is -2.09. The average molecular weight is 319 g/mol. The fraction of sp³-hybridized carbons (Fsp3) is 0.409. The molecule has 2 aliphatic rings. The van der Waals surface area contributed by atoms with Crippen molar-refractivity contribution >= 4 is 12.0 Å². The molecule has 1 aliphatic carbocycles. The summed E-state index contributed by atoms with van der Waals surface area (Å²) in [7, 11) is 0. The van der Waals surface area contributed by atoms with E-state index in [0.717, 1.165) is 30.6 Å². The van der Waals surface area contributed by atoms with Gasteiger partial charge in [-0.1, -0.05) is 24.3 Å². The highest BCUT2D eigenvalue weighted by Crippen LogP contribution is 2.43. The van der Waals surface area contributed by atoms with Crippen LogP contribution in [0.2, 0.25) is 0 Å². The Bertz CT molecular complexity index is 760. The Balaban J connectivity index is 1.65. The molecule has 2 nitrogen and oxygen atoms in total. The van der Waals surface area contributed by atoms with E-state index < -0.39 is 0 Å². The van der Waals surface area contributed by atoms with Gasteiger partial charge in [-0.3, -0.25) is 4.79 Å². The first-order valence-corrected chi connectivity index (χ1v) is 9.11. The second kappa shape index (κ2) is 6.08. The molecular weight excluding hydrogens is 294 g/mol. The molecule has 0 radical (unpaired) electrons. The molecule has 0 amide bonds. The molecule has 2 aromatic rings. The maximum Gasteiger partial charge on any atom is 0.150 e. The first-order chi connectivity index (χ1) is 11.7. The average Bonchev–Trinajstić information content (AvgIpc) is 3.35. The van der Waals surface area contributed by atoms with Crippen LogP contribution in [0.25, 0.3) is 0 Å². The van der Waals surface area contributed by atoms with Crippen LogP contribution < -0.4 is 4.90 Å². The summed E-state index contributed by atoms with van der Waals surface area (Å²) < 4.78 is 0. The van der Waals surface area contributed by atoms with Crippen molar-refractivity contribution in [1.29, 1.82) is 0 Å². The highest BCUT2D eigenvalue weighted by Gasteiger charge is 2.33. The molecule has 1 heterocycles. The van der Waals surface area contributed by atoms with E-state index in [0.29, 0.717) is 12.1 Å². The fourth-order valence-corrected chi connectivity index (χ4v) is 4.28. The van der Waals surface area contributed by atoms with Crippen LogP contribution in [-0.2, 0) is 12.8 Å². The van der Waals surface area contributed by atoms with Crippen molar-refractivity contribution in [3.63, 3.8) is 0 Å². The van der Waals surface area contributed by atoms with Gasteiger partial charge < -0.3 is 4.90 Å². The quantitative estimate of drug-likeness (QED) is 0.741. The molecule has 1 saturated carbocycles. The summed E-state index contributed by atoms with van der Waals surface area (Å²) in [4.78, 5) is 13.7. The van der Waals surface area contributed by atoms with E-state index in [4.69, 9.17) is 0 Å². The van der Waals surface area contributed by atoms with Crippen LogP contribution in [-0.4, -0.2) is 18.4 Å². The zero-order valence-corrected chi connectivity index (χ0v) is 14.5. The molecule has 2 heteroatoms. The second-order valence-electron chi connectivity index (χ2n) is 7.54. The summed E-state index contributed by atoms with van der Waals surface area (Å²) in [5.41, 5.74) is 6.49.